The summed E-state index contributed by atoms with van der Waals surface area (Å²) in [6, 6.07) is 18.6. The zero-order valence-electron chi connectivity index (χ0n) is 12.6. The number of nitriles is 1. The second-order valence-electron chi connectivity index (χ2n) is 4.94. The molecule has 2 aromatic rings. The Morgan fingerprint density at radius 2 is 1.83 bits per heavy atom. The van der Waals surface area contributed by atoms with Gasteiger partial charge in [-0.15, -0.1) is 0 Å². The molecule has 0 bridgehead atoms. The third kappa shape index (κ3) is 5.21. The predicted octanol–water partition coefficient (Wildman–Crippen LogP) is 2.45. The van der Waals surface area contributed by atoms with Crippen LogP contribution in [-0.2, 0) is 11.2 Å². The van der Waals surface area contributed by atoms with E-state index >= 15 is 0 Å². The fourth-order valence-electron chi connectivity index (χ4n) is 1.95. The largest absolute Gasteiger partial charge is 0.399 e. The molecule has 2 rings (SSSR count). The van der Waals surface area contributed by atoms with Crippen molar-refractivity contribution >= 4 is 17.3 Å². The van der Waals surface area contributed by atoms with Crippen molar-refractivity contribution in [2.45, 2.75) is 6.42 Å². The topological polar surface area (TPSA) is 90.9 Å². The second-order valence-corrected chi connectivity index (χ2v) is 4.94. The number of carbonyl (C=O) groups is 1. The van der Waals surface area contributed by atoms with E-state index in [9.17, 15) is 4.79 Å². The van der Waals surface area contributed by atoms with Crippen LogP contribution in [0.15, 0.2) is 66.4 Å². The van der Waals surface area contributed by atoms with Gasteiger partial charge in [-0.25, -0.2) is 0 Å². The Balaban J connectivity index is 1.86. The number of nitrogens with one attached hydrogen (secondary N) is 2. The molecular formula is C18H18N4O. The molecule has 0 spiro atoms. The lowest BCUT2D eigenvalue weighted by molar-refractivity contribution is -0.112. The summed E-state index contributed by atoms with van der Waals surface area (Å²) in [6.45, 7) is 0.643. The minimum Gasteiger partial charge on any atom is -0.399 e. The molecule has 0 aliphatic rings. The molecule has 0 saturated heterocycles. The van der Waals surface area contributed by atoms with E-state index in [1.807, 2.05) is 36.4 Å². The van der Waals surface area contributed by atoms with Crippen molar-refractivity contribution in [2.24, 2.45) is 0 Å². The van der Waals surface area contributed by atoms with E-state index in [0.29, 0.717) is 17.9 Å². The standard InChI is InChI=1S/C18H18N4O/c19-12-15(13-21-11-10-14-4-2-1-3-5-14)18(23)22-17-8-6-16(20)7-9-17/h1-9,13,21H,10-11,20H2,(H,22,23)/b15-13-. The zero-order chi connectivity index (χ0) is 16.5. The SMILES string of the molecule is N#C/C(=C/NCCc1ccccc1)C(=O)Nc1ccc(N)cc1. The van der Waals surface area contributed by atoms with Crippen molar-refractivity contribution in [3.63, 3.8) is 0 Å². The molecule has 0 aliphatic carbocycles. The van der Waals surface area contributed by atoms with Crippen LogP contribution in [0.1, 0.15) is 5.56 Å². The number of benzene rings is 2. The molecule has 0 saturated carbocycles. The second kappa shape index (κ2) is 8.25. The van der Waals surface area contributed by atoms with Gasteiger partial charge in [0.05, 0.1) is 0 Å². The van der Waals surface area contributed by atoms with Gasteiger partial charge in [0.1, 0.15) is 11.6 Å². The van der Waals surface area contributed by atoms with Gasteiger partial charge >= 0.3 is 0 Å². The highest BCUT2D eigenvalue weighted by Gasteiger charge is 2.08. The number of carbonyl (C=O) groups excluding carboxylic acids is 1. The Labute approximate surface area is 135 Å². The summed E-state index contributed by atoms with van der Waals surface area (Å²) < 4.78 is 0. The quantitative estimate of drug-likeness (QED) is 0.331. The number of rotatable bonds is 6. The molecule has 4 N–H and O–H groups in total. The highest BCUT2D eigenvalue weighted by molar-refractivity contribution is 6.06. The molecule has 116 valence electrons. The number of hydrogen-bond donors (Lipinski definition) is 3. The normalized spacial score (nSPS) is 10.7. The first-order valence-electron chi connectivity index (χ1n) is 7.23. The Morgan fingerprint density at radius 3 is 2.48 bits per heavy atom. The maximum atomic E-state index is 12.0. The average molecular weight is 306 g/mol. The van der Waals surface area contributed by atoms with Gasteiger partial charge in [0.15, 0.2) is 0 Å². The van der Waals surface area contributed by atoms with Gasteiger partial charge in [-0.2, -0.15) is 5.26 Å². The average Bonchev–Trinajstić information content (AvgIpc) is 2.58. The maximum absolute atomic E-state index is 12.0. The van der Waals surface area contributed by atoms with Gasteiger partial charge in [-0.1, -0.05) is 30.3 Å². The lowest BCUT2D eigenvalue weighted by atomic mass is 10.1. The lowest BCUT2D eigenvalue weighted by Crippen LogP contribution is -2.18. The molecule has 0 heterocycles. The van der Waals surface area contributed by atoms with Crippen molar-refractivity contribution in [3.05, 3.63) is 71.9 Å². The molecule has 0 aliphatic heterocycles. The summed E-state index contributed by atoms with van der Waals surface area (Å²) in [5.74, 6) is -0.454. The van der Waals surface area contributed by atoms with Crippen molar-refractivity contribution in [2.75, 3.05) is 17.6 Å². The number of nitrogens with zero attached hydrogens (tertiary/aromatic N) is 1. The molecule has 0 aromatic heterocycles. The van der Waals surface area contributed by atoms with Gasteiger partial charge in [0.2, 0.25) is 0 Å². The Morgan fingerprint density at radius 1 is 1.13 bits per heavy atom. The van der Waals surface area contributed by atoms with E-state index < -0.39 is 5.91 Å². The molecule has 2 aromatic carbocycles. The Hall–Kier alpha value is -3.26. The molecule has 5 nitrogen and oxygen atoms in total. The predicted molar refractivity (Wildman–Crippen MR) is 91.3 cm³/mol. The van der Waals surface area contributed by atoms with Crippen LogP contribution in [0.4, 0.5) is 11.4 Å². The van der Waals surface area contributed by atoms with Crippen LogP contribution in [0.3, 0.4) is 0 Å². The lowest BCUT2D eigenvalue weighted by Gasteiger charge is -2.05. The molecule has 0 radical (unpaired) electrons. The van der Waals surface area contributed by atoms with Crippen LogP contribution in [-0.4, -0.2) is 12.5 Å². The van der Waals surface area contributed by atoms with Gasteiger partial charge < -0.3 is 16.4 Å². The van der Waals surface area contributed by atoms with Crippen LogP contribution in [0.25, 0.3) is 0 Å². The number of amides is 1. The molecule has 0 unspecified atom stereocenters. The number of nitrogens with two attached hydrogens (primary N) is 1. The first kappa shape index (κ1) is 16.1. The first-order chi connectivity index (χ1) is 11.2. The summed E-state index contributed by atoms with van der Waals surface area (Å²) in [7, 11) is 0. The van der Waals surface area contributed by atoms with Crippen molar-refractivity contribution < 1.29 is 4.79 Å². The van der Waals surface area contributed by atoms with Gasteiger partial charge in [-0.05, 0) is 36.2 Å². The van der Waals surface area contributed by atoms with E-state index in [1.165, 1.54) is 11.8 Å². The van der Waals surface area contributed by atoms with Crippen molar-refractivity contribution in [3.8, 4) is 6.07 Å². The van der Waals surface area contributed by atoms with Crippen LogP contribution < -0.4 is 16.4 Å². The van der Waals surface area contributed by atoms with E-state index in [2.05, 4.69) is 10.6 Å². The van der Waals surface area contributed by atoms with Crippen molar-refractivity contribution in [1.29, 1.82) is 5.26 Å². The Kier molecular flexibility index (Phi) is 5.78. The summed E-state index contributed by atoms with van der Waals surface area (Å²) in [5.41, 5.74) is 8.01. The highest BCUT2D eigenvalue weighted by Crippen LogP contribution is 2.11. The first-order valence-corrected chi connectivity index (χ1v) is 7.23. The third-order valence-corrected chi connectivity index (χ3v) is 3.18. The third-order valence-electron chi connectivity index (χ3n) is 3.18. The fraction of sp³-hybridized carbons (Fsp3) is 0.111. The molecule has 0 atom stereocenters. The van der Waals surface area contributed by atoms with E-state index in [4.69, 9.17) is 11.0 Å². The molecule has 5 heteroatoms. The summed E-state index contributed by atoms with van der Waals surface area (Å²) in [6.07, 6.45) is 2.26. The molecule has 0 fully saturated rings. The molecule has 23 heavy (non-hydrogen) atoms. The number of anilines is 2. The van der Waals surface area contributed by atoms with Gasteiger partial charge in [0, 0.05) is 24.1 Å². The summed E-state index contributed by atoms with van der Waals surface area (Å²) in [4.78, 5) is 12.0. The number of hydrogen-bond acceptors (Lipinski definition) is 4. The monoisotopic (exact) mass is 306 g/mol. The van der Waals surface area contributed by atoms with Crippen LogP contribution in [0, 0.1) is 11.3 Å². The minimum absolute atomic E-state index is 0.0230. The van der Waals surface area contributed by atoms with E-state index in [1.54, 1.807) is 24.3 Å². The van der Waals surface area contributed by atoms with E-state index in [-0.39, 0.29) is 5.57 Å². The van der Waals surface area contributed by atoms with Crippen LogP contribution >= 0.6 is 0 Å². The van der Waals surface area contributed by atoms with Gasteiger partial charge in [0.25, 0.3) is 5.91 Å². The zero-order valence-corrected chi connectivity index (χ0v) is 12.6. The fourth-order valence-corrected chi connectivity index (χ4v) is 1.95. The van der Waals surface area contributed by atoms with Crippen molar-refractivity contribution in [1.82, 2.24) is 5.32 Å². The van der Waals surface area contributed by atoms with E-state index in [0.717, 1.165) is 6.42 Å². The van der Waals surface area contributed by atoms with Crippen LogP contribution in [0.2, 0.25) is 0 Å². The summed E-state index contributed by atoms with van der Waals surface area (Å²) >= 11 is 0. The minimum atomic E-state index is -0.454. The van der Waals surface area contributed by atoms with Crippen LogP contribution in [0.5, 0.6) is 0 Å². The Bertz CT molecular complexity index is 715. The highest BCUT2D eigenvalue weighted by atomic mass is 16.1. The molecular weight excluding hydrogens is 288 g/mol. The van der Waals surface area contributed by atoms with Gasteiger partial charge in [-0.3, -0.25) is 4.79 Å². The number of nitrogen functional groups attached to an aromatic ring is 1. The maximum Gasteiger partial charge on any atom is 0.267 e. The smallest absolute Gasteiger partial charge is 0.267 e. The summed E-state index contributed by atoms with van der Waals surface area (Å²) in [5, 5.41) is 14.7. The molecule has 1 amide bonds.